The lowest BCUT2D eigenvalue weighted by Gasteiger charge is -2.50. The van der Waals surface area contributed by atoms with Gasteiger partial charge in [-0.15, -0.1) is 0 Å². The number of carbonyl (C=O) groups excluding carboxylic acids is 2. The van der Waals surface area contributed by atoms with Crippen molar-refractivity contribution in [3.63, 3.8) is 0 Å². The van der Waals surface area contributed by atoms with Crippen molar-refractivity contribution in [1.29, 1.82) is 0 Å². The number of likely N-dealkylation sites (tertiary alicyclic amines) is 1. The van der Waals surface area contributed by atoms with Gasteiger partial charge in [-0.2, -0.15) is 0 Å². The average molecular weight is 348 g/mol. The fourth-order valence-corrected chi connectivity index (χ4v) is 2.96. The van der Waals surface area contributed by atoms with Crippen LogP contribution in [-0.2, 0) is 20.8 Å². The molecule has 1 saturated heterocycles. The molecule has 6 heteroatoms. The number of esters is 1. The van der Waals surface area contributed by atoms with Crippen molar-refractivity contribution in [2.24, 2.45) is 0 Å². The Bertz CT molecular complexity index is 597. The molecule has 2 rings (SSSR count). The molecular formula is C19H28N2O4. The number of hydrogen-bond acceptors (Lipinski definition) is 5. The Labute approximate surface area is 149 Å². The standard InChI is InChI=1S/C19H28N2O4/c1-18(2,3)25-17(23)21-13-11-19(21,16(22)24-4)10-12-20-14-15-8-6-5-7-9-15/h5-9,20H,10-14H2,1-4H3. The topological polar surface area (TPSA) is 67.9 Å². The van der Waals surface area contributed by atoms with Gasteiger partial charge in [-0.1, -0.05) is 30.3 Å². The third kappa shape index (κ3) is 4.72. The predicted molar refractivity (Wildman–Crippen MR) is 95.1 cm³/mol. The van der Waals surface area contributed by atoms with Crippen LogP contribution in [0, 0.1) is 0 Å². The van der Waals surface area contributed by atoms with E-state index in [1.54, 1.807) is 0 Å². The highest BCUT2D eigenvalue weighted by molar-refractivity contribution is 5.87. The smallest absolute Gasteiger partial charge is 0.411 e. The molecule has 1 N–H and O–H groups in total. The first kappa shape index (κ1) is 19.2. The number of methoxy groups -OCH3 is 1. The van der Waals surface area contributed by atoms with Crippen LogP contribution < -0.4 is 5.32 Å². The van der Waals surface area contributed by atoms with Gasteiger partial charge in [-0.05, 0) is 45.7 Å². The van der Waals surface area contributed by atoms with Gasteiger partial charge < -0.3 is 14.8 Å². The first-order valence-electron chi connectivity index (χ1n) is 8.62. The summed E-state index contributed by atoms with van der Waals surface area (Å²) in [7, 11) is 1.35. The van der Waals surface area contributed by atoms with E-state index in [1.165, 1.54) is 17.6 Å². The van der Waals surface area contributed by atoms with Crippen LogP contribution in [0.25, 0.3) is 0 Å². The lowest BCUT2D eigenvalue weighted by molar-refractivity contribution is -0.164. The van der Waals surface area contributed by atoms with Crippen molar-refractivity contribution in [3.05, 3.63) is 35.9 Å². The molecule has 0 saturated carbocycles. The number of benzene rings is 1. The zero-order valence-electron chi connectivity index (χ0n) is 15.5. The molecule has 1 unspecified atom stereocenters. The molecule has 1 fully saturated rings. The Hall–Kier alpha value is -2.08. The van der Waals surface area contributed by atoms with E-state index in [2.05, 4.69) is 5.32 Å². The Morgan fingerprint density at radius 3 is 2.44 bits per heavy atom. The second kappa shape index (κ2) is 7.87. The van der Waals surface area contributed by atoms with Gasteiger partial charge in [0.15, 0.2) is 0 Å². The molecule has 25 heavy (non-hydrogen) atoms. The van der Waals surface area contributed by atoms with Gasteiger partial charge in [-0.25, -0.2) is 9.59 Å². The molecule has 0 bridgehead atoms. The number of hydrogen-bond donors (Lipinski definition) is 1. The van der Waals surface area contributed by atoms with E-state index in [9.17, 15) is 9.59 Å². The van der Waals surface area contributed by atoms with Crippen LogP contribution in [0.4, 0.5) is 4.79 Å². The van der Waals surface area contributed by atoms with Crippen molar-refractivity contribution in [2.45, 2.75) is 51.3 Å². The van der Waals surface area contributed by atoms with Gasteiger partial charge in [0.1, 0.15) is 11.1 Å². The maximum atomic E-state index is 12.4. The van der Waals surface area contributed by atoms with Crippen molar-refractivity contribution in [1.82, 2.24) is 10.2 Å². The Morgan fingerprint density at radius 1 is 1.24 bits per heavy atom. The average Bonchev–Trinajstić information content (AvgIpc) is 2.52. The summed E-state index contributed by atoms with van der Waals surface area (Å²) in [4.78, 5) is 26.3. The van der Waals surface area contributed by atoms with Gasteiger partial charge in [0.05, 0.1) is 7.11 Å². The fourth-order valence-electron chi connectivity index (χ4n) is 2.96. The first-order valence-corrected chi connectivity index (χ1v) is 8.62. The lowest BCUT2D eigenvalue weighted by Crippen LogP contribution is -2.68. The highest BCUT2D eigenvalue weighted by Gasteiger charge is 2.55. The summed E-state index contributed by atoms with van der Waals surface area (Å²) >= 11 is 0. The molecule has 138 valence electrons. The normalized spacial score (nSPS) is 19.9. The predicted octanol–water partition coefficient (Wildman–Crippen LogP) is 2.72. The third-order valence-electron chi connectivity index (χ3n) is 4.33. The maximum Gasteiger partial charge on any atom is 0.411 e. The lowest BCUT2D eigenvalue weighted by atomic mass is 9.81. The molecule has 1 aliphatic heterocycles. The summed E-state index contributed by atoms with van der Waals surface area (Å²) in [5.41, 5.74) is -0.354. The molecule has 1 aromatic rings. The van der Waals surface area contributed by atoms with Crippen LogP contribution in [0.1, 0.15) is 39.2 Å². The van der Waals surface area contributed by atoms with Crippen molar-refractivity contribution in [3.8, 4) is 0 Å². The van der Waals surface area contributed by atoms with Crippen LogP contribution in [-0.4, -0.2) is 48.3 Å². The van der Waals surface area contributed by atoms with Crippen molar-refractivity contribution in [2.75, 3.05) is 20.2 Å². The third-order valence-corrected chi connectivity index (χ3v) is 4.33. The summed E-state index contributed by atoms with van der Waals surface area (Å²) in [6.07, 6.45) is 0.615. The number of carbonyl (C=O) groups is 2. The van der Waals surface area contributed by atoms with E-state index in [1.807, 2.05) is 51.1 Å². The second-order valence-electron chi connectivity index (χ2n) is 7.32. The van der Waals surface area contributed by atoms with Crippen LogP contribution >= 0.6 is 0 Å². The Balaban J connectivity index is 1.96. The van der Waals surface area contributed by atoms with E-state index in [4.69, 9.17) is 9.47 Å². The molecule has 0 aromatic heterocycles. The van der Waals surface area contributed by atoms with Gasteiger partial charge in [0.25, 0.3) is 0 Å². The monoisotopic (exact) mass is 348 g/mol. The molecule has 1 aliphatic rings. The Kier molecular flexibility index (Phi) is 6.06. The molecule has 1 amide bonds. The van der Waals surface area contributed by atoms with Crippen LogP contribution in [0.5, 0.6) is 0 Å². The van der Waals surface area contributed by atoms with Crippen LogP contribution in [0.3, 0.4) is 0 Å². The quantitative estimate of drug-likeness (QED) is 0.632. The summed E-state index contributed by atoms with van der Waals surface area (Å²) in [6.45, 7) is 7.25. The number of nitrogens with one attached hydrogen (secondary N) is 1. The molecular weight excluding hydrogens is 320 g/mol. The summed E-state index contributed by atoms with van der Waals surface area (Å²) < 4.78 is 10.4. The van der Waals surface area contributed by atoms with Crippen molar-refractivity contribution >= 4 is 12.1 Å². The number of rotatable bonds is 6. The molecule has 1 heterocycles. The SMILES string of the molecule is COC(=O)C1(CCNCc2ccccc2)CCN1C(=O)OC(C)(C)C. The zero-order valence-corrected chi connectivity index (χ0v) is 15.5. The summed E-state index contributed by atoms with van der Waals surface area (Å²) in [6, 6.07) is 10.0. The van der Waals surface area contributed by atoms with E-state index < -0.39 is 17.2 Å². The van der Waals surface area contributed by atoms with Gasteiger partial charge in [0, 0.05) is 13.1 Å². The number of ether oxygens (including phenoxy) is 2. The van der Waals surface area contributed by atoms with E-state index in [0.717, 1.165) is 0 Å². The molecule has 0 spiro atoms. The number of amides is 1. The minimum atomic E-state index is -0.930. The Morgan fingerprint density at radius 2 is 1.92 bits per heavy atom. The van der Waals surface area contributed by atoms with Crippen LogP contribution in [0.2, 0.25) is 0 Å². The maximum absolute atomic E-state index is 12.4. The molecule has 1 aromatic carbocycles. The second-order valence-corrected chi connectivity index (χ2v) is 7.32. The number of nitrogens with zero attached hydrogens (tertiary/aromatic N) is 1. The van der Waals surface area contributed by atoms with Crippen LogP contribution in [0.15, 0.2) is 30.3 Å². The minimum absolute atomic E-state index is 0.383. The first-order chi connectivity index (χ1) is 11.8. The highest BCUT2D eigenvalue weighted by atomic mass is 16.6. The molecule has 0 aliphatic carbocycles. The molecule has 0 radical (unpaired) electrons. The van der Waals surface area contributed by atoms with E-state index in [-0.39, 0.29) is 5.97 Å². The molecule has 6 nitrogen and oxygen atoms in total. The van der Waals surface area contributed by atoms with E-state index >= 15 is 0 Å². The molecule has 1 atom stereocenters. The van der Waals surface area contributed by atoms with Gasteiger partial charge in [0.2, 0.25) is 0 Å². The largest absolute Gasteiger partial charge is 0.467 e. The minimum Gasteiger partial charge on any atom is -0.467 e. The summed E-state index contributed by atoms with van der Waals surface area (Å²) in [5, 5.41) is 3.33. The van der Waals surface area contributed by atoms with Gasteiger partial charge in [-0.3, -0.25) is 4.90 Å². The highest BCUT2D eigenvalue weighted by Crippen LogP contribution is 2.36. The van der Waals surface area contributed by atoms with E-state index in [0.29, 0.717) is 32.5 Å². The van der Waals surface area contributed by atoms with Crippen molar-refractivity contribution < 1.29 is 19.1 Å². The summed E-state index contributed by atoms with van der Waals surface area (Å²) in [5.74, 6) is -0.383. The fraction of sp³-hybridized carbons (Fsp3) is 0.579. The van der Waals surface area contributed by atoms with Gasteiger partial charge >= 0.3 is 12.1 Å². The zero-order chi connectivity index (χ0) is 18.5.